The number of benzene rings is 3. The van der Waals surface area contributed by atoms with E-state index < -0.39 is 32.9 Å². The number of carbonyl (C=O) groups excluding carboxylic acids is 1. The quantitative estimate of drug-likeness (QED) is 0.225. The maximum Gasteiger partial charge on any atom is 0.416 e. The lowest BCUT2D eigenvalue weighted by Crippen LogP contribution is -2.40. The first kappa shape index (κ1) is 32.0. The molecule has 1 fully saturated rings. The van der Waals surface area contributed by atoms with Gasteiger partial charge in [-0.15, -0.1) is 10.2 Å². The van der Waals surface area contributed by atoms with Crippen LogP contribution in [0.25, 0.3) is 11.4 Å². The summed E-state index contributed by atoms with van der Waals surface area (Å²) in [6.07, 6.45) is -4.60. The third-order valence-corrected chi connectivity index (χ3v) is 10.1. The summed E-state index contributed by atoms with van der Waals surface area (Å²) in [5, 5.41) is 10.6. The van der Waals surface area contributed by atoms with Crippen molar-refractivity contribution in [2.75, 3.05) is 31.6 Å². The summed E-state index contributed by atoms with van der Waals surface area (Å²) >= 11 is 7.12. The fraction of sp³-hybridized carbons (Fsp3) is 0.276. The number of morpholine rings is 1. The van der Waals surface area contributed by atoms with Gasteiger partial charge in [-0.1, -0.05) is 65.8 Å². The molecule has 1 aromatic heterocycles. The molecule has 0 radical (unpaired) electrons. The summed E-state index contributed by atoms with van der Waals surface area (Å²) in [7, 11) is -3.78. The number of hydrogen-bond donors (Lipinski definition) is 1. The first-order valence-corrected chi connectivity index (χ1v) is 16.1. The Morgan fingerprint density at radius 2 is 1.77 bits per heavy atom. The molecule has 0 spiro atoms. The van der Waals surface area contributed by atoms with E-state index >= 15 is 0 Å². The number of thioether (sulfide) groups is 1. The normalized spacial score (nSPS) is 15.2. The number of ether oxygens (including phenoxy) is 1. The second-order valence-electron chi connectivity index (χ2n) is 9.86. The largest absolute Gasteiger partial charge is 0.416 e. The Kier molecular flexibility index (Phi) is 9.65. The summed E-state index contributed by atoms with van der Waals surface area (Å²) < 4.78 is 74.7. The van der Waals surface area contributed by atoms with E-state index in [9.17, 15) is 26.4 Å². The van der Waals surface area contributed by atoms with Gasteiger partial charge in [-0.3, -0.25) is 9.36 Å². The van der Waals surface area contributed by atoms with E-state index in [2.05, 4.69) is 15.5 Å². The highest BCUT2D eigenvalue weighted by molar-refractivity contribution is 8.00. The summed E-state index contributed by atoms with van der Waals surface area (Å²) in [6.45, 7) is 3.03. The molecule has 4 aromatic rings. The highest BCUT2D eigenvalue weighted by atomic mass is 35.5. The van der Waals surface area contributed by atoms with Gasteiger partial charge in [0.05, 0.1) is 46.2 Å². The summed E-state index contributed by atoms with van der Waals surface area (Å²) in [5.74, 6) is -0.213. The number of nitrogens with zero attached hydrogens (tertiary/aromatic N) is 4. The Morgan fingerprint density at radius 3 is 2.48 bits per heavy atom. The van der Waals surface area contributed by atoms with Gasteiger partial charge in [-0.2, -0.15) is 17.5 Å². The molecule has 9 nitrogen and oxygen atoms in total. The molecule has 232 valence electrons. The molecular formula is C29H27ClF3N5O4S2. The third-order valence-electron chi connectivity index (χ3n) is 6.80. The first-order chi connectivity index (χ1) is 20.9. The van der Waals surface area contributed by atoms with E-state index in [0.717, 1.165) is 35.5 Å². The first-order valence-electron chi connectivity index (χ1n) is 13.4. The van der Waals surface area contributed by atoms with Crippen molar-refractivity contribution in [3.63, 3.8) is 0 Å². The Labute approximate surface area is 261 Å². The van der Waals surface area contributed by atoms with Gasteiger partial charge >= 0.3 is 6.18 Å². The third kappa shape index (κ3) is 7.26. The van der Waals surface area contributed by atoms with Crippen LogP contribution in [0.15, 0.2) is 82.8 Å². The number of sulfonamides is 1. The van der Waals surface area contributed by atoms with Crippen molar-refractivity contribution in [2.24, 2.45) is 0 Å². The molecule has 1 N–H and O–H groups in total. The predicted octanol–water partition coefficient (Wildman–Crippen LogP) is 5.81. The lowest BCUT2D eigenvalue weighted by Gasteiger charge is -2.26. The number of aromatic nitrogens is 3. The molecule has 0 unspecified atom stereocenters. The molecule has 0 bridgehead atoms. The van der Waals surface area contributed by atoms with E-state index in [4.69, 9.17) is 16.3 Å². The van der Waals surface area contributed by atoms with E-state index in [1.807, 2.05) is 30.3 Å². The van der Waals surface area contributed by atoms with Crippen molar-refractivity contribution < 1.29 is 31.1 Å². The molecule has 1 aliphatic rings. The van der Waals surface area contributed by atoms with Gasteiger partial charge in [0, 0.05) is 18.7 Å². The maximum atomic E-state index is 13.3. The molecule has 0 aliphatic carbocycles. The molecule has 2 heterocycles. The highest BCUT2D eigenvalue weighted by Gasteiger charge is 2.32. The average Bonchev–Trinajstić information content (AvgIpc) is 3.40. The van der Waals surface area contributed by atoms with Crippen molar-refractivity contribution in [3.05, 3.63) is 88.9 Å². The molecule has 1 atom stereocenters. The smallest absolute Gasteiger partial charge is 0.379 e. The van der Waals surface area contributed by atoms with Gasteiger partial charge in [-0.25, -0.2) is 8.42 Å². The van der Waals surface area contributed by atoms with Crippen LogP contribution in [0.1, 0.15) is 18.1 Å². The van der Waals surface area contributed by atoms with Crippen molar-refractivity contribution in [2.45, 2.75) is 34.9 Å². The summed E-state index contributed by atoms with van der Waals surface area (Å²) in [4.78, 5) is 13.2. The number of alkyl halides is 3. The fourth-order valence-corrected chi connectivity index (χ4v) is 6.94. The Bertz CT molecular complexity index is 1750. The minimum Gasteiger partial charge on any atom is -0.379 e. The van der Waals surface area contributed by atoms with Crippen molar-refractivity contribution >= 4 is 45.0 Å². The van der Waals surface area contributed by atoms with Crippen LogP contribution in [0.3, 0.4) is 0 Å². The number of amides is 1. The molecule has 1 aliphatic heterocycles. The minimum atomic E-state index is -4.60. The standard InChI is InChI=1S/C29H27ClF3N5O4S2/c1-19(27(39)34-25-17-22(29(31,32)33)10-11-24(25)30)43-28-36-35-26(38(28)18-20-6-3-2-4-7-20)21-8-5-9-23(16-21)44(40,41)37-12-14-42-15-13-37/h2-11,16-17,19H,12-15,18H2,1H3,(H,34,39)/t19-/m1/s1. The Hall–Kier alpha value is -3.43. The number of nitrogens with one attached hydrogen (secondary N) is 1. The van der Waals surface area contributed by atoms with Gasteiger partial charge in [0.2, 0.25) is 15.9 Å². The second-order valence-corrected chi connectivity index (χ2v) is 13.5. The zero-order valence-electron chi connectivity index (χ0n) is 23.3. The van der Waals surface area contributed by atoms with E-state index in [0.29, 0.717) is 36.3 Å². The van der Waals surface area contributed by atoms with Gasteiger partial charge in [0.25, 0.3) is 0 Å². The minimum absolute atomic E-state index is 0.0370. The summed E-state index contributed by atoms with van der Waals surface area (Å²) in [6, 6.07) is 18.5. The van der Waals surface area contributed by atoms with Gasteiger partial charge in [-0.05, 0) is 42.8 Å². The Morgan fingerprint density at radius 1 is 1.05 bits per heavy atom. The predicted molar refractivity (Wildman–Crippen MR) is 161 cm³/mol. The molecule has 44 heavy (non-hydrogen) atoms. The Balaban J connectivity index is 1.44. The topological polar surface area (TPSA) is 106 Å². The molecule has 0 saturated carbocycles. The van der Waals surface area contributed by atoms with Gasteiger partial charge in [0.15, 0.2) is 11.0 Å². The monoisotopic (exact) mass is 665 g/mol. The second kappa shape index (κ2) is 13.3. The average molecular weight is 666 g/mol. The molecule has 5 rings (SSSR count). The molecular weight excluding hydrogens is 639 g/mol. The van der Waals surface area contributed by atoms with Gasteiger partial charge in [0.1, 0.15) is 0 Å². The maximum absolute atomic E-state index is 13.3. The number of halogens is 4. The van der Waals surface area contributed by atoms with Crippen LogP contribution in [-0.2, 0) is 32.3 Å². The van der Waals surface area contributed by atoms with Crippen molar-refractivity contribution in [1.29, 1.82) is 0 Å². The molecule has 15 heteroatoms. The van der Waals surface area contributed by atoms with Gasteiger partial charge < -0.3 is 10.1 Å². The van der Waals surface area contributed by atoms with Crippen LogP contribution in [0.4, 0.5) is 18.9 Å². The number of anilines is 1. The molecule has 3 aromatic carbocycles. The van der Waals surface area contributed by atoms with Crippen molar-refractivity contribution in [1.82, 2.24) is 19.1 Å². The molecule has 1 amide bonds. The van der Waals surface area contributed by atoms with Crippen LogP contribution in [0.5, 0.6) is 0 Å². The number of hydrogen-bond acceptors (Lipinski definition) is 7. The molecule has 1 saturated heterocycles. The van der Waals surface area contributed by atoms with Crippen LogP contribution in [0.2, 0.25) is 5.02 Å². The lowest BCUT2D eigenvalue weighted by molar-refractivity contribution is -0.137. The van der Waals surface area contributed by atoms with Crippen LogP contribution in [0, 0.1) is 0 Å². The van der Waals surface area contributed by atoms with Crippen LogP contribution >= 0.6 is 23.4 Å². The van der Waals surface area contributed by atoms with Crippen LogP contribution in [-0.4, -0.2) is 64.9 Å². The summed E-state index contributed by atoms with van der Waals surface area (Å²) in [5.41, 5.74) is 0.300. The highest BCUT2D eigenvalue weighted by Crippen LogP contribution is 2.35. The zero-order valence-corrected chi connectivity index (χ0v) is 25.7. The lowest BCUT2D eigenvalue weighted by atomic mass is 10.2. The van der Waals surface area contributed by atoms with E-state index in [1.54, 1.807) is 23.6 Å². The fourth-order valence-electron chi connectivity index (χ4n) is 4.47. The zero-order chi connectivity index (χ0) is 31.5. The SMILES string of the molecule is C[C@@H](Sc1nnc(-c2cccc(S(=O)(=O)N3CCOCC3)c2)n1Cc1ccccc1)C(=O)Nc1cc(C(F)(F)F)ccc1Cl. The van der Waals surface area contributed by atoms with E-state index in [1.165, 1.54) is 16.4 Å². The van der Waals surface area contributed by atoms with E-state index in [-0.39, 0.29) is 28.7 Å². The number of rotatable bonds is 9. The van der Waals surface area contributed by atoms with Crippen LogP contribution < -0.4 is 5.32 Å². The number of carbonyl (C=O) groups is 1. The van der Waals surface area contributed by atoms with Crippen molar-refractivity contribution in [3.8, 4) is 11.4 Å².